The van der Waals surface area contributed by atoms with Gasteiger partial charge >= 0.3 is 0 Å². The summed E-state index contributed by atoms with van der Waals surface area (Å²) in [5.74, 6) is 1.96. The quantitative estimate of drug-likeness (QED) is 0.188. The minimum absolute atomic E-state index is 0.212. The smallest absolute Gasteiger partial charge is 0.164 e. The van der Waals surface area contributed by atoms with Crippen LogP contribution in [0.5, 0.6) is 0 Å². The van der Waals surface area contributed by atoms with Crippen LogP contribution in [0.15, 0.2) is 146 Å². The lowest BCUT2D eigenvalue weighted by Crippen LogP contribution is -2.16. The summed E-state index contributed by atoms with van der Waals surface area (Å²) in [5.41, 5.74) is 10.9. The highest BCUT2D eigenvalue weighted by Crippen LogP contribution is 2.53. The van der Waals surface area contributed by atoms with Crippen LogP contribution in [0.1, 0.15) is 25.0 Å². The second-order valence-electron chi connectivity index (χ2n) is 12.7. The average molecular weight is 603 g/mol. The fourth-order valence-electron chi connectivity index (χ4n) is 7.19. The summed E-state index contributed by atoms with van der Waals surface area (Å²) in [6, 6.07) is 50.7. The first-order chi connectivity index (χ1) is 23.1. The van der Waals surface area contributed by atoms with Crippen LogP contribution >= 0.6 is 0 Å². The second kappa shape index (κ2) is 10.5. The van der Waals surface area contributed by atoms with E-state index in [-0.39, 0.29) is 5.41 Å². The maximum atomic E-state index is 5.42. The topological polar surface area (TPSA) is 51.6 Å². The summed E-state index contributed by atoms with van der Waals surface area (Å²) >= 11 is 0. The molecule has 2 aromatic heterocycles. The van der Waals surface area contributed by atoms with Crippen LogP contribution in [-0.4, -0.2) is 19.9 Å². The predicted molar refractivity (Wildman–Crippen MR) is 192 cm³/mol. The van der Waals surface area contributed by atoms with E-state index in [2.05, 4.69) is 98.8 Å². The second-order valence-corrected chi connectivity index (χ2v) is 12.7. The van der Waals surface area contributed by atoms with Gasteiger partial charge in [0.25, 0.3) is 0 Å². The van der Waals surface area contributed by atoms with Crippen LogP contribution in [0.3, 0.4) is 0 Å². The van der Waals surface area contributed by atoms with Crippen molar-refractivity contribution in [2.75, 3.05) is 0 Å². The van der Waals surface area contributed by atoms with Gasteiger partial charge in [-0.3, -0.25) is 0 Å². The molecule has 0 spiro atoms. The zero-order chi connectivity index (χ0) is 31.5. The molecular formula is C43H30N4. The summed E-state index contributed by atoms with van der Waals surface area (Å²) in [4.78, 5) is 20.2. The maximum absolute atomic E-state index is 5.42. The number of fused-ring (bicyclic) bond motifs is 6. The number of nitrogens with zero attached hydrogens (tertiary/aromatic N) is 4. The molecule has 0 saturated carbocycles. The Kier molecular flexibility index (Phi) is 6.12. The third-order valence-corrected chi connectivity index (χ3v) is 9.49. The van der Waals surface area contributed by atoms with E-state index in [4.69, 9.17) is 19.9 Å². The van der Waals surface area contributed by atoms with E-state index < -0.39 is 0 Å². The van der Waals surface area contributed by atoms with Crippen LogP contribution in [0.25, 0.3) is 78.2 Å². The molecule has 47 heavy (non-hydrogen) atoms. The lowest BCUT2D eigenvalue weighted by Gasteiger charge is -2.25. The van der Waals surface area contributed by atoms with E-state index in [1.165, 1.54) is 33.0 Å². The Morgan fingerprint density at radius 1 is 0.426 bits per heavy atom. The minimum atomic E-state index is -0.212. The summed E-state index contributed by atoms with van der Waals surface area (Å²) in [7, 11) is 0. The summed E-state index contributed by atoms with van der Waals surface area (Å²) in [6.45, 7) is 4.65. The molecule has 2 heterocycles. The number of pyridine rings is 1. The van der Waals surface area contributed by atoms with Gasteiger partial charge < -0.3 is 0 Å². The molecule has 4 nitrogen and oxygen atoms in total. The molecule has 0 aliphatic heterocycles. The Morgan fingerprint density at radius 2 is 0.957 bits per heavy atom. The number of aromatic nitrogens is 4. The number of rotatable bonds is 4. The number of benzene rings is 6. The molecule has 0 atom stereocenters. The molecule has 0 unspecified atom stereocenters. The molecule has 8 aromatic rings. The largest absolute Gasteiger partial charge is 0.247 e. The Bertz CT molecular complexity index is 2410. The van der Waals surface area contributed by atoms with Crippen molar-refractivity contribution in [1.29, 1.82) is 0 Å². The van der Waals surface area contributed by atoms with E-state index in [0.717, 1.165) is 38.9 Å². The molecule has 222 valence electrons. The molecule has 0 N–H and O–H groups in total. The molecule has 6 aromatic carbocycles. The molecule has 4 heteroatoms. The zero-order valence-corrected chi connectivity index (χ0v) is 26.1. The van der Waals surface area contributed by atoms with E-state index >= 15 is 0 Å². The van der Waals surface area contributed by atoms with Gasteiger partial charge in [-0.05, 0) is 27.6 Å². The number of hydrogen-bond donors (Lipinski definition) is 0. The van der Waals surface area contributed by atoms with Gasteiger partial charge in [-0.15, -0.1) is 0 Å². The monoisotopic (exact) mass is 602 g/mol. The molecule has 0 bridgehead atoms. The van der Waals surface area contributed by atoms with E-state index in [1.807, 2.05) is 60.7 Å². The van der Waals surface area contributed by atoms with Crippen molar-refractivity contribution < 1.29 is 0 Å². The van der Waals surface area contributed by atoms with Crippen molar-refractivity contribution in [3.63, 3.8) is 0 Å². The van der Waals surface area contributed by atoms with Gasteiger partial charge in [0.2, 0.25) is 0 Å². The lowest BCUT2D eigenvalue weighted by atomic mass is 9.78. The lowest BCUT2D eigenvalue weighted by molar-refractivity contribution is 0.662. The third kappa shape index (κ3) is 4.37. The SMILES string of the molecule is CC1(C)c2ccccc2-c2nc3c(ccc4ccccc43)c(-c3ccc(-c4nc(-c5ccccc5)nc(-c5ccccc5)n4)cc3)c21. The summed E-state index contributed by atoms with van der Waals surface area (Å²) in [6.07, 6.45) is 0. The molecule has 1 aliphatic carbocycles. The average Bonchev–Trinajstić information content (AvgIpc) is 3.37. The molecule has 0 amide bonds. The Labute approximate surface area is 273 Å². The van der Waals surface area contributed by atoms with Crippen LogP contribution in [0, 0.1) is 0 Å². The Morgan fingerprint density at radius 3 is 1.62 bits per heavy atom. The molecule has 1 aliphatic rings. The summed E-state index contributed by atoms with van der Waals surface area (Å²) < 4.78 is 0. The highest BCUT2D eigenvalue weighted by molar-refractivity contribution is 6.13. The van der Waals surface area contributed by atoms with E-state index in [1.54, 1.807) is 0 Å². The fraction of sp³-hybridized carbons (Fsp3) is 0.0698. The zero-order valence-electron chi connectivity index (χ0n) is 26.1. The normalized spacial score (nSPS) is 13.1. The van der Waals surface area contributed by atoms with Crippen LogP contribution in [0.2, 0.25) is 0 Å². The van der Waals surface area contributed by atoms with Gasteiger partial charge in [-0.2, -0.15) is 0 Å². The maximum Gasteiger partial charge on any atom is 0.164 e. The van der Waals surface area contributed by atoms with Gasteiger partial charge in [0.1, 0.15) is 0 Å². The molecular weight excluding hydrogens is 573 g/mol. The minimum Gasteiger partial charge on any atom is -0.247 e. The van der Waals surface area contributed by atoms with Gasteiger partial charge in [-0.1, -0.05) is 159 Å². The van der Waals surface area contributed by atoms with Crippen molar-refractivity contribution in [2.45, 2.75) is 19.3 Å². The van der Waals surface area contributed by atoms with Crippen LogP contribution in [-0.2, 0) is 5.41 Å². The highest BCUT2D eigenvalue weighted by atomic mass is 15.0. The van der Waals surface area contributed by atoms with Gasteiger partial charge in [0.05, 0.1) is 11.2 Å². The van der Waals surface area contributed by atoms with Gasteiger partial charge in [0.15, 0.2) is 17.5 Å². The Balaban J connectivity index is 1.25. The molecule has 0 radical (unpaired) electrons. The predicted octanol–water partition coefficient (Wildman–Crippen LogP) is 10.5. The van der Waals surface area contributed by atoms with Crippen molar-refractivity contribution in [3.8, 4) is 56.5 Å². The van der Waals surface area contributed by atoms with Crippen molar-refractivity contribution in [1.82, 2.24) is 19.9 Å². The van der Waals surface area contributed by atoms with Crippen molar-refractivity contribution in [2.24, 2.45) is 0 Å². The molecule has 9 rings (SSSR count). The van der Waals surface area contributed by atoms with Crippen LogP contribution < -0.4 is 0 Å². The first kappa shape index (κ1) is 27.3. The van der Waals surface area contributed by atoms with Crippen LogP contribution in [0.4, 0.5) is 0 Å². The third-order valence-electron chi connectivity index (χ3n) is 9.49. The molecule has 0 saturated heterocycles. The first-order valence-corrected chi connectivity index (χ1v) is 16.0. The van der Waals surface area contributed by atoms with Crippen molar-refractivity contribution >= 4 is 21.7 Å². The van der Waals surface area contributed by atoms with Gasteiger partial charge in [-0.25, -0.2) is 19.9 Å². The van der Waals surface area contributed by atoms with Crippen molar-refractivity contribution in [3.05, 3.63) is 157 Å². The fourth-order valence-corrected chi connectivity index (χ4v) is 7.19. The van der Waals surface area contributed by atoms with E-state index in [0.29, 0.717) is 17.5 Å². The first-order valence-electron chi connectivity index (χ1n) is 16.0. The number of hydrogen-bond acceptors (Lipinski definition) is 4. The summed E-state index contributed by atoms with van der Waals surface area (Å²) in [5, 5.41) is 3.52. The Hall–Kier alpha value is -6.00. The standard InChI is InChI=1S/C43H30N4/c1-43(2)35-20-12-11-19-33(35)39-37(43)36(34-26-25-27-13-9-10-18-32(27)38(34)44-39)28-21-23-31(24-22-28)42-46-40(29-14-5-3-6-15-29)45-41(47-42)30-16-7-4-8-17-30/h3-26H,1-2H3. The molecule has 0 fully saturated rings. The highest BCUT2D eigenvalue weighted by Gasteiger charge is 2.39. The van der Waals surface area contributed by atoms with Gasteiger partial charge in [0, 0.05) is 38.4 Å². The van der Waals surface area contributed by atoms with E-state index in [9.17, 15) is 0 Å².